The molecule has 2 rings (SSSR count). The van der Waals surface area contributed by atoms with Crippen LogP contribution in [0.5, 0.6) is 0 Å². The van der Waals surface area contributed by atoms with Crippen molar-refractivity contribution in [1.29, 1.82) is 0 Å². The Kier molecular flexibility index (Phi) is 2.18. The lowest BCUT2D eigenvalue weighted by Gasteiger charge is -2.18. The van der Waals surface area contributed by atoms with E-state index in [2.05, 4.69) is 50.0 Å². The number of hydrogen-bond acceptors (Lipinski definition) is 1. The van der Waals surface area contributed by atoms with Gasteiger partial charge in [0.25, 0.3) is 0 Å². The van der Waals surface area contributed by atoms with Crippen LogP contribution >= 0.6 is 0 Å². The first kappa shape index (κ1) is 9.45. The molecule has 1 aromatic rings. The van der Waals surface area contributed by atoms with Crippen LogP contribution in [0.3, 0.4) is 0 Å². The van der Waals surface area contributed by atoms with Gasteiger partial charge in [0.05, 0.1) is 0 Å². The lowest BCUT2D eigenvalue weighted by atomic mass is 9.88. The van der Waals surface area contributed by atoms with Crippen molar-refractivity contribution in [3.05, 3.63) is 35.4 Å². The molecule has 0 fully saturated rings. The molecule has 0 unspecified atom stereocenters. The van der Waals surface area contributed by atoms with Gasteiger partial charge in [-0.15, -0.1) is 0 Å². The van der Waals surface area contributed by atoms with Crippen LogP contribution in [0.15, 0.2) is 29.3 Å². The van der Waals surface area contributed by atoms with E-state index in [1.807, 2.05) is 0 Å². The van der Waals surface area contributed by atoms with Crippen LogP contribution in [-0.4, -0.2) is 12.3 Å². The van der Waals surface area contributed by atoms with Gasteiger partial charge in [0.15, 0.2) is 0 Å². The van der Waals surface area contributed by atoms with Crippen molar-refractivity contribution in [2.75, 3.05) is 6.54 Å². The average molecular weight is 187 g/mol. The summed E-state index contributed by atoms with van der Waals surface area (Å²) in [5, 5.41) is 0. The minimum Gasteiger partial charge on any atom is -0.289 e. The van der Waals surface area contributed by atoms with Crippen molar-refractivity contribution in [3.63, 3.8) is 0 Å². The fraction of sp³-hybridized carbons (Fsp3) is 0.462. The summed E-state index contributed by atoms with van der Waals surface area (Å²) in [6, 6.07) is 8.63. The van der Waals surface area contributed by atoms with Crippen molar-refractivity contribution in [1.82, 2.24) is 0 Å². The summed E-state index contributed by atoms with van der Waals surface area (Å²) in [4.78, 5) is 4.63. The van der Waals surface area contributed by atoms with E-state index in [1.165, 1.54) is 16.8 Å². The zero-order valence-corrected chi connectivity index (χ0v) is 9.17. The van der Waals surface area contributed by atoms with Crippen molar-refractivity contribution in [2.45, 2.75) is 27.2 Å². The molecule has 0 N–H and O–H groups in total. The molecule has 0 saturated carbocycles. The van der Waals surface area contributed by atoms with Crippen molar-refractivity contribution < 1.29 is 0 Å². The highest BCUT2D eigenvalue weighted by molar-refractivity contribution is 6.08. The Hall–Kier alpha value is -1.11. The van der Waals surface area contributed by atoms with Crippen LogP contribution < -0.4 is 0 Å². The molecule has 0 saturated heterocycles. The number of hydrogen-bond donors (Lipinski definition) is 0. The summed E-state index contributed by atoms with van der Waals surface area (Å²) < 4.78 is 0. The van der Waals surface area contributed by atoms with Gasteiger partial charge >= 0.3 is 0 Å². The second-order valence-electron chi connectivity index (χ2n) is 4.54. The molecule has 0 bridgehead atoms. The molecule has 1 aromatic carbocycles. The van der Waals surface area contributed by atoms with Crippen LogP contribution in [0.1, 0.15) is 31.9 Å². The van der Waals surface area contributed by atoms with Crippen LogP contribution in [0.25, 0.3) is 0 Å². The van der Waals surface area contributed by atoms with E-state index in [0.717, 1.165) is 13.0 Å². The maximum atomic E-state index is 4.63. The van der Waals surface area contributed by atoms with Gasteiger partial charge < -0.3 is 0 Å². The Bertz CT molecular complexity index is 375. The Balaban J connectivity index is 2.54. The summed E-state index contributed by atoms with van der Waals surface area (Å²) in [6.45, 7) is 7.54. The summed E-state index contributed by atoms with van der Waals surface area (Å²) in [5.74, 6) is 0. The zero-order chi connectivity index (χ0) is 10.2. The molecule has 74 valence electrons. The maximum absolute atomic E-state index is 4.63. The molecule has 0 atom stereocenters. The van der Waals surface area contributed by atoms with Gasteiger partial charge in [-0.05, 0) is 24.5 Å². The van der Waals surface area contributed by atoms with E-state index < -0.39 is 0 Å². The fourth-order valence-corrected chi connectivity index (χ4v) is 2.29. The van der Waals surface area contributed by atoms with Crippen LogP contribution in [0.4, 0.5) is 0 Å². The number of nitrogens with zero attached hydrogens (tertiary/aromatic N) is 1. The molecular weight excluding hydrogens is 170 g/mol. The Morgan fingerprint density at radius 1 is 1.29 bits per heavy atom. The minimum absolute atomic E-state index is 0.222. The summed E-state index contributed by atoms with van der Waals surface area (Å²) >= 11 is 0. The molecule has 0 amide bonds. The molecule has 1 nitrogen and oxygen atoms in total. The third kappa shape index (κ3) is 1.37. The van der Waals surface area contributed by atoms with Gasteiger partial charge in [-0.3, -0.25) is 4.99 Å². The predicted molar refractivity (Wildman–Crippen MR) is 61.0 cm³/mol. The van der Waals surface area contributed by atoms with Crippen LogP contribution in [0.2, 0.25) is 0 Å². The quantitative estimate of drug-likeness (QED) is 0.640. The topological polar surface area (TPSA) is 12.4 Å². The Morgan fingerprint density at radius 2 is 2.00 bits per heavy atom. The first-order valence-electron chi connectivity index (χ1n) is 5.28. The highest BCUT2D eigenvalue weighted by atomic mass is 14.8. The van der Waals surface area contributed by atoms with Crippen molar-refractivity contribution in [2.24, 2.45) is 10.4 Å². The minimum atomic E-state index is 0.222. The second-order valence-corrected chi connectivity index (χ2v) is 4.54. The second kappa shape index (κ2) is 3.23. The molecule has 1 heteroatoms. The molecule has 0 heterocycles. The third-order valence-corrected chi connectivity index (χ3v) is 2.86. The molecule has 0 aromatic heterocycles. The number of aliphatic imine (C=N–C) groups is 1. The highest BCUT2D eigenvalue weighted by Gasteiger charge is 2.34. The summed E-state index contributed by atoms with van der Waals surface area (Å²) in [7, 11) is 0. The molecule has 1 aliphatic rings. The average Bonchev–Trinajstić information content (AvgIpc) is 2.39. The number of rotatable bonds is 1. The van der Waals surface area contributed by atoms with Crippen LogP contribution in [0, 0.1) is 5.41 Å². The van der Waals surface area contributed by atoms with Gasteiger partial charge in [0.1, 0.15) is 0 Å². The monoisotopic (exact) mass is 187 g/mol. The summed E-state index contributed by atoms with van der Waals surface area (Å²) in [5.41, 5.74) is 4.32. The van der Waals surface area contributed by atoms with E-state index in [0.29, 0.717) is 0 Å². The Labute approximate surface area is 85.9 Å². The molecule has 0 spiro atoms. The van der Waals surface area contributed by atoms with Gasteiger partial charge in [0, 0.05) is 17.7 Å². The van der Waals surface area contributed by atoms with Gasteiger partial charge in [-0.25, -0.2) is 0 Å². The van der Waals surface area contributed by atoms with Crippen molar-refractivity contribution in [3.8, 4) is 0 Å². The predicted octanol–water partition coefficient (Wildman–Crippen LogP) is 3.08. The number of fused-ring (bicyclic) bond motifs is 1. The largest absolute Gasteiger partial charge is 0.289 e. The molecular formula is C13H17N. The first-order chi connectivity index (χ1) is 6.65. The SMILES string of the molecule is CCN=C1c2ccccc2CC1(C)C. The fourth-order valence-electron chi connectivity index (χ4n) is 2.29. The molecule has 1 aliphatic carbocycles. The van der Waals surface area contributed by atoms with E-state index >= 15 is 0 Å². The molecule has 0 radical (unpaired) electrons. The third-order valence-electron chi connectivity index (χ3n) is 2.86. The first-order valence-corrected chi connectivity index (χ1v) is 5.28. The van der Waals surface area contributed by atoms with Gasteiger partial charge in [0.2, 0.25) is 0 Å². The zero-order valence-electron chi connectivity index (χ0n) is 9.17. The highest BCUT2D eigenvalue weighted by Crippen LogP contribution is 2.36. The van der Waals surface area contributed by atoms with E-state index in [4.69, 9.17) is 0 Å². The maximum Gasteiger partial charge on any atom is 0.0482 e. The van der Waals surface area contributed by atoms with Crippen LogP contribution in [-0.2, 0) is 6.42 Å². The molecule has 0 aliphatic heterocycles. The van der Waals surface area contributed by atoms with E-state index in [-0.39, 0.29) is 5.41 Å². The lowest BCUT2D eigenvalue weighted by Crippen LogP contribution is -2.20. The van der Waals surface area contributed by atoms with E-state index in [9.17, 15) is 0 Å². The normalized spacial score (nSPS) is 21.2. The Morgan fingerprint density at radius 3 is 2.71 bits per heavy atom. The van der Waals surface area contributed by atoms with Crippen molar-refractivity contribution >= 4 is 5.71 Å². The molecule has 14 heavy (non-hydrogen) atoms. The number of benzene rings is 1. The smallest absolute Gasteiger partial charge is 0.0482 e. The van der Waals surface area contributed by atoms with E-state index in [1.54, 1.807) is 0 Å². The summed E-state index contributed by atoms with van der Waals surface area (Å²) in [6.07, 6.45) is 1.13. The standard InChI is InChI=1S/C13H17N/c1-4-14-12-11-8-6-5-7-10(11)9-13(12,2)3/h5-8H,4,9H2,1-3H3. The van der Waals surface area contributed by atoms with Gasteiger partial charge in [-0.1, -0.05) is 38.1 Å². The van der Waals surface area contributed by atoms with Gasteiger partial charge in [-0.2, -0.15) is 0 Å². The lowest BCUT2D eigenvalue weighted by molar-refractivity contribution is 0.539.